The van der Waals surface area contributed by atoms with Gasteiger partial charge in [-0.15, -0.1) is 10.2 Å². The lowest BCUT2D eigenvalue weighted by atomic mass is 10.2. The van der Waals surface area contributed by atoms with Crippen LogP contribution >= 0.6 is 0 Å². The molecule has 0 aliphatic carbocycles. The van der Waals surface area contributed by atoms with Crippen LogP contribution in [0.4, 0.5) is 0 Å². The van der Waals surface area contributed by atoms with Gasteiger partial charge in [0.05, 0.1) is 5.56 Å². The summed E-state index contributed by atoms with van der Waals surface area (Å²) in [7, 11) is 0. The summed E-state index contributed by atoms with van der Waals surface area (Å²) in [6.07, 6.45) is 2.68. The molecule has 0 amide bonds. The third-order valence-corrected chi connectivity index (χ3v) is 3.87. The minimum atomic E-state index is -0.995. The quantitative estimate of drug-likeness (QED) is 0.349. The van der Waals surface area contributed by atoms with Crippen molar-refractivity contribution in [3.8, 4) is 11.8 Å². The molecule has 3 heterocycles. The molecule has 0 spiro atoms. The van der Waals surface area contributed by atoms with Crippen LogP contribution in [0.3, 0.4) is 0 Å². The van der Waals surface area contributed by atoms with Crippen molar-refractivity contribution in [2.45, 2.75) is 19.4 Å². The third-order valence-electron chi connectivity index (χ3n) is 2.94. The maximum absolute atomic E-state index is 11.2. The number of aromatic carboxylic acids is 1. The summed E-state index contributed by atoms with van der Waals surface area (Å²) in [5.41, 5.74) is 1.28. The lowest BCUT2D eigenvalue weighted by molar-refractivity contribution is -1.03. The van der Waals surface area contributed by atoms with Gasteiger partial charge >= 0.3 is 5.97 Å². The molecule has 20 heavy (non-hydrogen) atoms. The van der Waals surface area contributed by atoms with Crippen molar-refractivity contribution < 1.29 is 35.6 Å². The highest BCUT2D eigenvalue weighted by Gasteiger charge is 2.22. The minimum absolute atomic E-state index is 0.126. The van der Waals surface area contributed by atoms with Gasteiger partial charge in [-0.2, -0.15) is 0 Å². The SMILES string of the molecule is CCc1nnc2cc(C(=O)O)cc(C#CC3C=[N+]3[I-])n12. The second kappa shape index (κ2) is 4.86. The van der Waals surface area contributed by atoms with E-state index in [-0.39, 0.29) is 11.6 Å². The number of aryl methyl sites for hydroxylation is 1. The predicted molar refractivity (Wildman–Crippen MR) is 66.3 cm³/mol. The van der Waals surface area contributed by atoms with Crippen molar-refractivity contribution in [3.63, 3.8) is 0 Å². The molecule has 2 aromatic rings. The van der Waals surface area contributed by atoms with E-state index >= 15 is 0 Å². The Kier molecular flexibility index (Phi) is 3.17. The van der Waals surface area contributed by atoms with Crippen molar-refractivity contribution in [3.05, 3.63) is 29.2 Å². The van der Waals surface area contributed by atoms with Crippen LogP contribution in [-0.2, 0) is 6.42 Å². The van der Waals surface area contributed by atoms with Crippen LogP contribution in [0.5, 0.6) is 0 Å². The van der Waals surface area contributed by atoms with Gasteiger partial charge in [0, 0.05) is 6.42 Å². The molecule has 0 saturated heterocycles. The highest BCUT2D eigenvalue weighted by atomic mass is 127. The fraction of sp³-hybridized carbons (Fsp3) is 0.231. The fourth-order valence-corrected chi connectivity index (χ4v) is 2.31. The Morgan fingerprint density at radius 3 is 2.90 bits per heavy atom. The van der Waals surface area contributed by atoms with Gasteiger partial charge in [-0.1, -0.05) is 6.92 Å². The number of nitrogens with zero attached hydrogens (tertiary/aromatic N) is 4. The molecule has 0 fully saturated rings. The number of halogens is 1. The zero-order chi connectivity index (χ0) is 14.3. The molecule has 7 heteroatoms. The molecule has 1 N–H and O–H groups in total. The average molecular weight is 381 g/mol. The van der Waals surface area contributed by atoms with Crippen molar-refractivity contribution >= 4 is 17.8 Å². The number of fused-ring (bicyclic) bond motifs is 1. The van der Waals surface area contributed by atoms with Crippen LogP contribution < -0.4 is 22.9 Å². The molecule has 0 saturated carbocycles. The first-order chi connectivity index (χ1) is 9.60. The molecule has 1 aliphatic heterocycles. The van der Waals surface area contributed by atoms with Crippen LogP contribution in [-0.4, -0.2) is 40.7 Å². The van der Waals surface area contributed by atoms with E-state index in [2.05, 4.69) is 44.9 Å². The van der Waals surface area contributed by atoms with Crippen LogP contribution in [0.2, 0.25) is 0 Å². The maximum Gasteiger partial charge on any atom is 0.335 e. The number of aromatic nitrogens is 3. The summed E-state index contributed by atoms with van der Waals surface area (Å²) < 4.78 is 3.76. The van der Waals surface area contributed by atoms with Gasteiger partial charge in [-0.25, -0.2) is 4.79 Å². The van der Waals surface area contributed by atoms with Gasteiger partial charge < -0.3 is 30.8 Å². The second-order valence-corrected chi connectivity index (χ2v) is 5.42. The van der Waals surface area contributed by atoms with Gasteiger partial charge in [0.2, 0.25) is 0 Å². The molecule has 0 bridgehead atoms. The zero-order valence-electron chi connectivity index (χ0n) is 10.5. The minimum Gasteiger partial charge on any atom is -0.478 e. The summed E-state index contributed by atoms with van der Waals surface area (Å²) in [6, 6.07) is 3.19. The summed E-state index contributed by atoms with van der Waals surface area (Å²) in [4.78, 5) is 11.2. The number of carboxylic acids is 1. The molecule has 3 rings (SSSR count). The normalized spacial score (nSPS) is 16.5. The number of hydrogen-bond donors (Lipinski definition) is 1. The van der Waals surface area contributed by atoms with E-state index in [1.54, 1.807) is 10.5 Å². The van der Waals surface area contributed by atoms with E-state index < -0.39 is 5.97 Å². The Hall–Kier alpha value is -1.95. The molecule has 101 valence electrons. The van der Waals surface area contributed by atoms with E-state index in [1.807, 2.05) is 15.9 Å². The van der Waals surface area contributed by atoms with E-state index in [9.17, 15) is 4.79 Å². The summed E-state index contributed by atoms with van der Waals surface area (Å²) in [5.74, 6) is 5.87. The highest BCUT2D eigenvalue weighted by molar-refractivity contribution is 5.89. The van der Waals surface area contributed by atoms with Crippen LogP contribution in [0.15, 0.2) is 12.1 Å². The molecule has 1 radical (unpaired) electrons. The first-order valence-corrected chi connectivity index (χ1v) is 6.98. The third kappa shape index (κ3) is 2.27. The molecular weight excluding hydrogens is 371 g/mol. The van der Waals surface area contributed by atoms with Crippen molar-refractivity contribution in [2.75, 3.05) is 0 Å². The molecule has 6 nitrogen and oxygen atoms in total. The van der Waals surface area contributed by atoms with E-state index in [1.165, 1.54) is 6.07 Å². The molecule has 1 unspecified atom stereocenters. The number of carboxylic acid groups (broad SMARTS) is 1. The summed E-state index contributed by atoms with van der Waals surface area (Å²) >= 11 is 2.16. The molecular formula is C13H10IN4O2. The Bertz CT molecular complexity index is 813. The standard InChI is InChI=1S/C13H10IN4O2/c1-2-11-15-16-12-6-8(13(19)20)5-9(18(11)12)3-4-10-7-17(10)14/h5-7,10H,2H2,1H3,(H,19,20). The lowest BCUT2D eigenvalue weighted by Gasteiger charge is -2.02. The summed E-state index contributed by atoms with van der Waals surface area (Å²) in [5, 5.41) is 17.2. The summed E-state index contributed by atoms with van der Waals surface area (Å²) in [6.45, 7) is 1.97. The molecule has 2 aromatic heterocycles. The van der Waals surface area contributed by atoms with Gasteiger partial charge in [-0.3, -0.25) is 4.40 Å². The van der Waals surface area contributed by atoms with Crippen molar-refractivity contribution in [1.29, 1.82) is 0 Å². The zero-order valence-corrected chi connectivity index (χ0v) is 12.7. The number of hydrogen-bond acceptors (Lipinski definition) is 3. The largest absolute Gasteiger partial charge is 0.478 e. The molecule has 0 aromatic carbocycles. The van der Waals surface area contributed by atoms with Gasteiger partial charge in [0.1, 0.15) is 11.5 Å². The molecule has 1 aliphatic rings. The van der Waals surface area contributed by atoms with E-state index in [4.69, 9.17) is 5.11 Å². The van der Waals surface area contributed by atoms with E-state index in [0.717, 1.165) is 5.82 Å². The number of rotatable bonds is 2. The van der Waals surface area contributed by atoms with Crippen LogP contribution in [0.25, 0.3) is 5.65 Å². The van der Waals surface area contributed by atoms with Gasteiger partial charge in [-0.05, 0) is 24.0 Å². The molecule has 1 atom stereocenters. The van der Waals surface area contributed by atoms with E-state index in [0.29, 0.717) is 17.8 Å². The Balaban J connectivity index is 2.16. The first-order valence-electron chi connectivity index (χ1n) is 6.02. The fourth-order valence-electron chi connectivity index (χ4n) is 1.87. The van der Waals surface area contributed by atoms with Gasteiger partial charge in [0.25, 0.3) is 6.04 Å². The Morgan fingerprint density at radius 1 is 1.55 bits per heavy atom. The Labute approximate surface area is 128 Å². The topological polar surface area (TPSA) is 70.5 Å². The predicted octanol–water partition coefficient (Wildman–Crippen LogP) is -2.72. The average Bonchev–Trinajstić information content (AvgIpc) is 2.98. The highest BCUT2D eigenvalue weighted by Crippen LogP contribution is 2.13. The first kappa shape index (κ1) is 13.1. The Morgan fingerprint density at radius 2 is 2.30 bits per heavy atom. The monoisotopic (exact) mass is 381 g/mol. The number of pyridine rings is 1. The lowest BCUT2D eigenvalue weighted by Crippen LogP contribution is -3.37. The van der Waals surface area contributed by atoms with Crippen LogP contribution in [0, 0.1) is 11.8 Å². The maximum atomic E-state index is 11.2. The smallest absolute Gasteiger partial charge is 0.335 e. The van der Waals surface area contributed by atoms with Gasteiger partial charge in [0.15, 0.2) is 11.9 Å². The second-order valence-electron chi connectivity index (χ2n) is 4.31. The van der Waals surface area contributed by atoms with Crippen molar-refractivity contribution in [2.24, 2.45) is 0 Å². The number of carbonyl (C=O) groups is 1. The van der Waals surface area contributed by atoms with Crippen LogP contribution in [0.1, 0.15) is 28.8 Å². The van der Waals surface area contributed by atoms with Crippen molar-refractivity contribution in [1.82, 2.24) is 14.6 Å².